The molecule has 3 aromatic rings. The highest BCUT2D eigenvalue weighted by Crippen LogP contribution is 2.46. The molecule has 3 aromatic carbocycles. The summed E-state index contributed by atoms with van der Waals surface area (Å²) in [5, 5.41) is 12.8. The predicted octanol–water partition coefficient (Wildman–Crippen LogP) is 5.28. The molecule has 0 bridgehead atoms. The van der Waals surface area contributed by atoms with Gasteiger partial charge in [0.15, 0.2) is 11.5 Å². The van der Waals surface area contributed by atoms with Gasteiger partial charge in [0.25, 0.3) is 5.91 Å². The molecular formula is C39H48ClN5O7. The maximum atomic E-state index is 13.7. The van der Waals surface area contributed by atoms with Crippen LogP contribution in [-0.4, -0.2) is 123 Å². The largest absolute Gasteiger partial charge is 0.493 e. The summed E-state index contributed by atoms with van der Waals surface area (Å²) in [4.78, 5) is 49.5. The zero-order valence-electron chi connectivity index (χ0n) is 30.2. The minimum Gasteiger partial charge on any atom is -0.493 e. The van der Waals surface area contributed by atoms with E-state index in [1.165, 1.54) is 0 Å². The molecule has 1 N–H and O–H groups in total. The number of rotatable bonds is 10. The predicted molar refractivity (Wildman–Crippen MR) is 200 cm³/mol. The van der Waals surface area contributed by atoms with Gasteiger partial charge < -0.3 is 43.8 Å². The van der Waals surface area contributed by atoms with Crippen molar-refractivity contribution in [3.63, 3.8) is 0 Å². The molecule has 4 aliphatic rings. The van der Waals surface area contributed by atoms with Gasteiger partial charge in [0.05, 0.1) is 36.7 Å². The number of aliphatic hydroxyl groups is 1. The third-order valence-electron chi connectivity index (χ3n) is 11.1. The van der Waals surface area contributed by atoms with Crippen LogP contribution in [0.15, 0.2) is 42.5 Å². The van der Waals surface area contributed by atoms with Gasteiger partial charge in [-0.05, 0) is 56.2 Å². The number of nitrogens with zero attached hydrogens (tertiary/aromatic N) is 5. The summed E-state index contributed by atoms with van der Waals surface area (Å²) in [7, 11) is 5.38. The quantitative estimate of drug-likeness (QED) is 0.220. The number of ether oxygens (including phenoxy) is 3. The molecular weight excluding hydrogens is 686 g/mol. The molecule has 1 unspecified atom stereocenters. The van der Waals surface area contributed by atoms with Gasteiger partial charge in [0, 0.05) is 82.1 Å². The molecule has 52 heavy (non-hydrogen) atoms. The molecule has 3 atom stereocenters. The molecule has 2 fully saturated rings. The normalized spacial score (nSPS) is 21.6. The van der Waals surface area contributed by atoms with Crippen LogP contribution in [0.5, 0.6) is 17.2 Å². The molecule has 12 nitrogen and oxygen atoms in total. The van der Waals surface area contributed by atoms with E-state index in [1.54, 1.807) is 45.9 Å². The third kappa shape index (κ3) is 6.83. The number of amides is 3. The third-order valence-corrected chi connectivity index (χ3v) is 11.4. The van der Waals surface area contributed by atoms with E-state index in [0.717, 1.165) is 54.4 Å². The molecule has 4 aliphatic heterocycles. The molecule has 4 heterocycles. The topological polar surface area (TPSA) is 115 Å². The summed E-state index contributed by atoms with van der Waals surface area (Å²) in [5.41, 5.74) is 2.87. The van der Waals surface area contributed by atoms with Crippen LogP contribution in [0.2, 0.25) is 0 Å². The van der Waals surface area contributed by atoms with Gasteiger partial charge in [0.2, 0.25) is 5.91 Å². The van der Waals surface area contributed by atoms with E-state index >= 15 is 0 Å². The zero-order valence-corrected chi connectivity index (χ0v) is 30.9. The fraction of sp³-hybridized carbons (Fsp3) is 0.513. The summed E-state index contributed by atoms with van der Waals surface area (Å²) in [6.45, 7) is 4.28. The molecule has 278 valence electrons. The second kappa shape index (κ2) is 15.4. The standard InChI is InChI=1S/C39H48ClN5O7/c1-41-15-17-43(18-16-41)39(49)52-32-22-31-36(27-11-7-6-10-26(27)32)25(23-40)24-45(31)35(46)13-5-4-8-19-51-34-21-30-28(20-33(34)50-3)37(47)44-14-9-12-29(44)38(48)42(30)2/h6-7,10-11,20-22,25,29,38,48H,4-5,8-9,12-19,23-24H2,1-3H3/t25-,29+,38?/m1/s1. The van der Waals surface area contributed by atoms with Crippen molar-refractivity contribution in [3.05, 3.63) is 53.6 Å². The highest BCUT2D eigenvalue weighted by atomic mass is 35.5. The molecule has 7 rings (SSSR count). The maximum Gasteiger partial charge on any atom is 0.415 e. The van der Waals surface area contributed by atoms with Gasteiger partial charge in [0.1, 0.15) is 12.0 Å². The van der Waals surface area contributed by atoms with Gasteiger partial charge in [-0.1, -0.05) is 24.3 Å². The van der Waals surface area contributed by atoms with Crippen LogP contribution in [0, 0.1) is 0 Å². The SMILES string of the molecule is COc1cc2c(cc1OCCCCCC(=O)N1C[C@@H](CCl)c3c1cc(OC(=O)N1CCN(C)CC1)c1ccccc31)N(C)C(O)[C@@H]1CCCN1C2=O. The highest BCUT2D eigenvalue weighted by molar-refractivity contribution is 6.19. The maximum absolute atomic E-state index is 13.7. The summed E-state index contributed by atoms with van der Waals surface area (Å²) < 4.78 is 17.8. The van der Waals surface area contributed by atoms with Crippen LogP contribution in [0.4, 0.5) is 16.2 Å². The monoisotopic (exact) mass is 733 g/mol. The number of carbonyl (C=O) groups excluding carboxylic acids is 3. The lowest BCUT2D eigenvalue weighted by Gasteiger charge is -2.31. The Labute approximate surface area is 309 Å². The first kappa shape index (κ1) is 36.1. The Hall–Kier alpha value is -4.26. The fourth-order valence-corrected chi connectivity index (χ4v) is 8.33. The average Bonchev–Trinajstić information content (AvgIpc) is 3.79. The van der Waals surface area contributed by atoms with E-state index in [9.17, 15) is 19.5 Å². The van der Waals surface area contributed by atoms with Crippen molar-refractivity contribution in [1.29, 1.82) is 0 Å². The number of unbranched alkanes of at least 4 members (excludes halogenated alkanes) is 2. The van der Waals surface area contributed by atoms with Crippen molar-refractivity contribution >= 4 is 51.7 Å². The number of hydrogen-bond acceptors (Lipinski definition) is 9. The van der Waals surface area contributed by atoms with Gasteiger partial charge >= 0.3 is 6.09 Å². The molecule has 0 aliphatic carbocycles. The number of methoxy groups -OCH3 is 1. The van der Waals surface area contributed by atoms with E-state index < -0.39 is 6.23 Å². The molecule has 13 heteroatoms. The van der Waals surface area contributed by atoms with E-state index in [1.807, 2.05) is 37.4 Å². The van der Waals surface area contributed by atoms with E-state index in [2.05, 4.69) is 4.90 Å². The first-order valence-electron chi connectivity index (χ1n) is 18.3. The van der Waals surface area contributed by atoms with Gasteiger partial charge in [-0.25, -0.2) is 4.79 Å². The number of halogens is 1. The second-order valence-corrected chi connectivity index (χ2v) is 14.6. The van der Waals surface area contributed by atoms with Crippen molar-refractivity contribution < 1.29 is 33.7 Å². The summed E-state index contributed by atoms with van der Waals surface area (Å²) in [5.74, 6) is 1.64. The Morgan fingerprint density at radius 2 is 1.67 bits per heavy atom. The minimum atomic E-state index is -0.809. The number of hydrogen-bond donors (Lipinski definition) is 1. The number of likely N-dealkylation sites (N-methyl/N-ethyl adjacent to an activating group) is 2. The van der Waals surface area contributed by atoms with Gasteiger partial charge in [-0.15, -0.1) is 11.6 Å². The summed E-state index contributed by atoms with van der Waals surface area (Å²) in [6, 6.07) is 12.9. The van der Waals surface area contributed by atoms with Crippen molar-refractivity contribution in [2.45, 2.75) is 56.7 Å². The van der Waals surface area contributed by atoms with Crippen molar-refractivity contribution in [2.75, 3.05) is 82.8 Å². The van der Waals surface area contributed by atoms with E-state index in [0.29, 0.717) is 86.4 Å². The summed E-state index contributed by atoms with van der Waals surface area (Å²) in [6.07, 6.45) is 2.92. The fourth-order valence-electron chi connectivity index (χ4n) is 8.07. The first-order valence-corrected chi connectivity index (χ1v) is 18.9. The summed E-state index contributed by atoms with van der Waals surface area (Å²) >= 11 is 6.48. The number of benzene rings is 3. The number of fused-ring (bicyclic) bond motifs is 5. The lowest BCUT2D eigenvalue weighted by atomic mass is 9.95. The number of anilines is 2. The lowest BCUT2D eigenvalue weighted by Crippen LogP contribution is -2.48. The van der Waals surface area contributed by atoms with E-state index in [4.69, 9.17) is 25.8 Å². The smallest absolute Gasteiger partial charge is 0.415 e. The minimum absolute atomic E-state index is 0.000556. The van der Waals surface area contributed by atoms with Crippen molar-refractivity contribution in [1.82, 2.24) is 14.7 Å². The Bertz CT molecular complexity index is 1830. The van der Waals surface area contributed by atoms with Gasteiger partial charge in [-0.3, -0.25) is 9.59 Å². The van der Waals surface area contributed by atoms with Crippen LogP contribution in [0.25, 0.3) is 10.8 Å². The number of alkyl halides is 1. The van der Waals surface area contributed by atoms with Crippen molar-refractivity contribution in [3.8, 4) is 17.2 Å². The lowest BCUT2D eigenvalue weighted by molar-refractivity contribution is -0.118. The van der Waals surface area contributed by atoms with Crippen LogP contribution in [0.1, 0.15) is 60.4 Å². The first-order chi connectivity index (χ1) is 25.2. The molecule has 2 saturated heterocycles. The molecule has 0 aromatic heterocycles. The Morgan fingerprint density at radius 3 is 2.42 bits per heavy atom. The number of piperazine rings is 1. The number of carbonyl (C=O) groups is 3. The molecule has 0 spiro atoms. The Kier molecular flexibility index (Phi) is 10.7. The van der Waals surface area contributed by atoms with Crippen LogP contribution in [0.3, 0.4) is 0 Å². The number of aliphatic hydroxyl groups excluding tert-OH is 1. The second-order valence-electron chi connectivity index (χ2n) is 14.3. The van der Waals surface area contributed by atoms with Crippen LogP contribution >= 0.6 is 11.6 Å². The molecule has 0 saturated carbocycles. The molecule has 0 radical (unpaired) electrons. The van der Waals surface area contributed by atoms with Gasteiger partial charge in [-0.2, -0.15) is 0 Å². The Morgan fingerprint density at radius 1 is 0.923 bits per heavy atom. The van der Waals surface area contributed by atoms with Crippen molar-refractivity contribution in [2.24, 2.45) is 0 Å². The van der Waals surface area contributed by atoms with E-state index in [-0.39, 0.29) is 29.9 Å². The average molecular weight is 734 g/mol. The highest BCUT2D eigenvalue weighted by Gasteiger charge is 2.41. The van der Waals surface area contributed by atoms with Crippen LogP contribution < -0.4 is 24.0 Å². The molecule has 3 amide bonds. The zero-order chi connectivity index (χ0) is 36.5. The van der Waals surface area contributed by atoms with Crippen LogP contribution in [-0.2, 0) is 4.79 Å². The Balaban J connectivity index is 0.987.